The minimum atomic E-state index is -0.421. The molecule has 0 aliphatic heterocycles. The Bertz CT molecular complexity index is 418. The quantitative estimate of drug-likeness (QED) is 0.787. The van der Waals surface area contributed by atoms with E-state index >= 15 is 0 Å². The molecule has 0 fully saturated rings. The lowest BCUT2D eigenvalue weighted by molar-refractivity contribution is 0.0945. The molecule has 106 valence electrons. The maximum atomic E-state index is 11.9. The molecule has 5 nitrogen and oxygen atoms in total. The number of benzene rings is 1. The number of aliphatic hydroxyl groups excluding tert-OH is 1. The van der Waals surface area contributed by atoms with Crippen LogP contribution in [0.15, 0.2) is 18.2 Å². The van der Waals surface area contributed by atoms with Crippen LogP contribution in [0.1, 0.15) is 30.6 Å². The van der Waals surface area contributed by atoms with Crippen LogP contribution in [0.2, 0.25) is 0 Å². The first kappa shape index (κ1) is 15.3. The van der Waals surface area contributed by atoms with Gasteiger partial charge in [-0.05, 0) is 38.5 Å². The van der Waals surface area contributed by atoms with Gasteiger partial charge < -0.3 is 19.9 Å². The third kappa shape index (κ3) is 4.79. The van der Waals surface area contributed by atoms with Gasteiger partial charge in [-0.15, -0.1) is 0 Å². The van der Waals surface area contributed by atoms with Gasteiger partial charge in [0.05, 0.1) is 19.8 Å². The normalized spacial score (nSPS) is 11.8. The highest BCUT2D eigenvalue weighted by atomic mass is 16.5. The van der Waals surface area contributed by atoms with E-state index in [0.29, 0.717) is 36.6 Å². The highest BCUT2D eigenvalue weighted by Gasteiger charge is 2.10. The molecule has 0 aromatic heterocycles. The average molecular weight is 267 g/mol. The molecule has 0 spiro atoms. The fourth-order valence-electron chi connectivity index (χ4n) is 1.58. The molecule has 1 unspecified atom stereocenters. The number of carbonyl (C=O) groups is 1. The van der Waals surface area contributed by atoms with Gasteiger partial charge in [0.25, 0.3) is 5.91 Å². The first-order valence-corrected chi connectivity index (χ1v) is 6.35. The number of aliphatic hydroxyl groups is 1. The van der Waals surface area contributed by atoms with E-state index in [0.717, 1.165) is 0 Å². The van der Waals surface area contributed by atoms with Crippen LogP contribution >= 0.6 is 0 Å². The maximum Gasteiger partial charge on any atom is 0.251 e. The Labute approximate surface area is 113 Å². The second-order valence-electron chi connectivity index (χ2n) is 4.19. The van der Waals surface area contributed by atoms with Crippen molar-refractivity contribution >= 4 is 5.91 Å². The molecule has 1 rings (SSSR count). The van der Waals surface area contributed by atoms with E-state index in [1.807, 2.05) is 6.92 Å². The highest BCUT2D eigenvalue weighted by Crippen LogP contribution is 2.27. The van der Waals surface area contributed by atoms with Crippen molar-refractivity contribution in [3.05, 3.63) is 23.8 Å². The van der Waals surface area contributed by atoms with Crippen LogP contribution in [0.3, 0.4) is 0 Å². The molecular formula is C14H21NO4. The molecule has 2 N–H and O–H groups in total. The first-order valence-electron chi connectivity index (χ1n) is 6.35. The predicted octanol–water partition coefficient (Wildman–Crippen LogP) is 1.59. The fraction of sp³-hybridized carbons (Fsp3) is 0.500. The Kier molecular flexibility index (Phi) is 6.15. The topological polar surface area (TPSA) is 67.8 Å². The summed E-state index contributed by atoms with van der Waals surface area (Å²) in [7, 11) is 1.56. The van der Waals surface area contributed by atoms with Crippen molar-refractivity contribution in [3.8, 4) is 11.5 Å². The first-order chi connectivity index (χ1) is 9.08. The van der Waals surface area contributed by atoms with Crippen LogP contribution in [-0.4, -0.2) is 37.4 Å². The van der Waals surface area contributed by atoms with Crippen molar-refractivity contribution in [3.63, 3.8) is 0 Å². The maximum absolute atomic E-state index is 11.9. The molecule has 0 radical (unpaired) electrons. The van der Waals surface area contributed by atoms with Gasteiger partial charge in [0, 0.05) is 12.1 Å². The summed E-state index contributed by atoms with van der Waals surface area (Å²) < 4.78 is 10.6. The average Bonchev–Trinajstić information content (AvgIpc) is 2.38. The van der Waals surface area contributed by atoms with E-state index in [-0.39, 0.29) is 5.91 Å². The summed E-state index contributed by atoms with van der Waals surface area (Å²) in [5.41, 5.74) is 0.509. The molecule has 0 heterocycles. The lowest BCUT2D eigenvalue weighted by Crippen LogP contribution is -2.26. The SMILES string of the molecule is CCOc1cc(C(=O)NCCC(C)O)ccc1OC. The number of rotatable bonds is 7. The van der Waals surface area contributed by atoms with Crippen LogP contribution < -0.4 is 14.8 Å². The van der Waals surface area contributed by atoms with Gasteiger partial charge in [-0.25, -0.2) is 0 Å². The summed E-state index contributed by atoms with van der Waals surface area (Å²) in [4.78, 5) is 11.9. The monoisotopic (exact) mass is 267 g/mol. The Morgan fingerprint density at radius 3 is 2.74 bits per heavy atom. The van der Waals surface area contributed by atoms with E-state index in [4.69, 9.17) is 14.6 Å². The fourth-order valence-corrected chi connectivity index (χ4v) is 1.58. The van der Waals surface area contributed by atoms with Crippen LogP contribution in [0.25, 0.3) is 0 Å². The largest absolute Gasteiger partial charge is 0.493 e. The molecule has 0 saturated carbocycles. The van der Waals surface area contributed by atoms with Gasteiger partial charge in [0.1, 0.15) is 0 Å². The summed E-state index contributed by atoms with van der Waals surface area (Å²) >= 11 is 0. The number of ether oxygens (including phenoxy) is 2. The van der Waals surface area contributed by atoms with E-state index in [1.165, 1.54) is 0 Å². The molecule has 0 aliphatic carbocycles. The third-order valence-corrected chi connectivity index (χ3v) is 2.57. The summed E-state index contributed by atoms with van der Waals surface area (Å²) in [5.74, 6) is 0.958. The van der Waals surface area contributed by atoms with Gasteiger partial charge >= 0.3 is 0 Å². The molecule has 1 atom stereocenters. The third-order valence-electron chi connectivity index (χ3n) is 2.57. The minimum Gasteiger partial charge on any atom is -0.493 e. The molecule has 1 aromatic rings. The zero-order chi connectivity index (χ0) is 14.3. The zero-order valence-corrected chi connectivity index (χ0v) is 11.6. The van der Waals surface area contributed by atoms with E-state index in [9.17, 15) is 4.79 Å². The van der Waals surface area contributed by atoms with E-state index in [2.05, 4.69) is 5.32 Å². The zero-order valence-electron chi connectivity index (χ0n) is 11.6. The molecular weight excluding hydrogens is 246 g/mol. The highest BCUT2D eigenvalue weighted by molar-refractivity contribution is 5.94. The molecule has 1 aromatic carbocycles. The number of methoxy groups -OCH3 is 1. The second-order valence-corrected chi connectivity index (χ2v) is 4.19. The van der Waals surface area contributed by atoms with Gasteiger partial charge in [-0.3, -0.25) is 4.79 Å². The Hall–Kier alpha value is -1.75. The molecule has 1 amide bonds. The van der Waals surface area contributed by atoms with Crippen molar-refractivity contribution in [2.45, 2.75) is 26.4 Å². The van der Waals surface area contributed by atoms with Crippen molar-refractivity contribution in [1.29, 1.82) is 0 Å². The minimum absolute atomic E-state index is 0.191. The Morgan fingerprint density at radius 1 is 1.42 bits per heavy atom. The molecule has 0 saturated heterocycles. The molecule has 19 heavy (non-hydrogen) atoms. The smallest absolute Gasteiger partial charge is 0.251 e. The van der Waals surface area contributed by atoms with Crippen LogP contribution in [-0.2, 0) is 0 Å². The summed E-state index contributed by atoms with van der Waals surface area (Å²) in [6.07, 6.45) is 0.107. The van der Waals surface area contributed by atoms with Crippen molar-refractivity contribution < 1.29 is 19.4 Å². The van der Waals surface area contributed by atoms with Crippen molar-refractivity contribution in [1.82, 2.24) is 5.32 Å². The van der Waals surface area contributed by atoms with Crippen LogP contribution in [0, 0.1) is 0 Å². The standard InChI is InChI=1S/C14H21NO4/c1-4-19-13-9-11(5-6-12(13)18-3)14(17)15-8-7-10(2)16/h5-6,9-10,16H,4,7-8H2,1-3H3,(H,15,17). The second kappa shape index (κ2) is 7.63. The summed E-state index contributed by atoms with van der Waals surface area (Å²) in [6.45, 7) is 4.50. The number of amides is 1. The Balaban J connectivity index is 2.71. The van der Waals surface area contributed by atoms with Crippen LogP contribution in [0.5, 0.6) is 11.5 Å². The lowest BCUT2D eigenvalue weighted by Gasteiger charge is -2.11. The predicted molar refractivity (Wildman–Crippen MR) is 72.8 cm³/mol. The van der Waals surface area contributed by atoms with E-state index in [1.54, 1.807) is 32.2 Å². The number of nitrogens with one attached hydrogen (secondary N) is 1. The molecule has 0 aliphatic rings. The summed E-state index contributed by atoms with van der Waals surface area (Å²) in [5, 5.41) is 11.9. The van der Waals surface area contributed by atoms with Gasteiger partial charge in [-0.2, -0.15) is 0 Å². The molecule has 0 bridgehead atoms. The lowest BCUT2D eigenvalue weighted by atomic mass is 10.2. The molecule has 5 heteroatoms. The van der Waals surface area contributed by atoms with Gasteiger partial charge in [-0.1, -0.05) is 0 Å². The van der Waals surface area contributed by atoms with Crippen LogP contribution in [0.4, 0.5) is 0 Å². The Morgan fingerprint density at radius 2 is 2.16 bits per heavy atom. The number of carbonyl (C=O) groups excluding carboxylic acids is 1. The van der Waals surface area contributed by atoms with Crippen molar-refractivity contribution in [2.24, 2.45) is 0 Å². The summed E-state index contributed by atoms with van der Waals surface area (Å²) in [6, 6.07) is 5.04. The number of hydrogen-bond acceptors (Lipinski definition) is 4. The van der Waals surface area contributed by atoms with Crippen molar-refractivity contribution in [2.75, 3.05) is 20.3 Å². The van der Waals surface area contributed by atoms with Gasteiger partial charge in [0.2, 0.25) is 0 Å². The van der Waals surface area contributed by atoms with E-state index < -0.39 is 6.10 Å². The number of hydrogen-bond donors (Lipinski definition) is 2. The van der Waals surface area contributed by atoms with Gasteiger partial charge in [0.15, 0.2) is 11.5 Å².